The summed E-state index contributed by atoms with van der Waals surface area (Å²) in [4.78, 5) is 2.59. The van der Waals surface area contributed by atoms with Crippen molar-refractivity contribution in [1.82, 2.24) is 4.90 Å². The summed E-state index contributed by atoms with van der Waals surface area (Å²) in [6, 6.07) is 13.4. The van der Waals surface area contributed by atoms with Gasteiger partial charge in [-0.15, -0.1) is 0 Å². The van der Waals surface area contributed by atoms with Gasteiger partial charge >= 0.3 is 0 Å². The minimum absolute atomic E-state index is 0.709. The Morgan fingerprint density at radius 3 is 2.95 bits per heavy atom. The Kier molecular flexibility index (Phi) is 3.69. The summed E-state index contributed by atoms with van der Waals surface area (Å²) in [5, 5.41) is 0. The van der Waals surface area contributed by atoms with Gasteiger partial charge in [-0.1, -0.05) is 24.6 Å². The van der Waals surface area contributed by atoms with E-state index in [4.69, 9.17) is 4.42 Å². The number of furan rings is 1. The largest absolute Gasteiger partial charge is 0.464 e. The maximum absolute atomic E-state index is 5.47. The van der Waals surface area contributed by atoms with E-state index in [1.807, 2.05) is 12.1 Å². The highest BCUT2D eigenvalue weighted by Crippen LogP contribution is 2.23. The minimum Gasteiger partial charge on any atom is -0.464 e. The Hall–Kier alpha value is -1.54. The molecule has 1 aromatic carbocycles. The first-order valence-corrected chi connectivity index (χ1v) is 7.20. The van der Waals surface area contributed by atoms with E-state index in [-0.39, 0.29) is 0 Å². The molecule has 2 aromatic rings. The van der Waals surface area contributed by atoms with E-state index >= 15 is 0 Å². The van der Waals surface area contributed by atoms with E-state index in [1.54, 1.807) is 6.26 Å². The molecule has 1 aromatic heterocycles. The first-order valence-electron chi connectivity index (χ1n) is 7.20. The average Bonchev–Trinajstić information content (AvgIpc) is 2.96. The number of hydrogen-bond acceptors (Lipinski definition) is 2. The number of rotatable bonds is 3. The second-order valence-electron chi connectivity index (χ2n) is 5.49. The molecule has 100 valence electrons. The Labute approximate surface area is 115 Å². The van der Waals surface area contributed by atoms with Crippen molar-refractivity contribution in [2.75, 3.05) is 6.54 Å². The Morgan fingerprint density at radius 1 is 1.21 bits per heavy atom. The van der Waals surface area contributed by atoms with Crippen molar-refractivity contribution >= 4 is 0 Å². The lowest BCUT2D eigenvalue weighted by molar-refractivity contribution is 0.152. The van der Waals surface area contributed by atoms with Gasteiger partial charge < -0.3 is 4.42 Å². The fourth-order valence-electron chi connectivity index (χ4n) is 2.89. The topological polar surface area (TPSA) is 16.4 Å². The highest BCUT2D eigenvalue weighted by molar-refractivity contribution is 5.58. The molecular formula is C17H21NO. The van der Waals surface area contributed by atoms with Crippen molar-refractivity contribution in [3.63, 3.8) is 0 Å². The number of benzene rings is 1. The molecule has 1 aliphatic heterocycles. The summed E-state index contributed by atoms with van der Waals surface area (Å²) in [5.74, 6) is 0.952. The van der Waals surface area contributed by atoms with Crippen LogP contribution in [0.2, 0.25) is 0 Å². The monoisotopic (exact) mass is 255 g/mol. The normalized spacial score (nSPS) is 20.6. The van der Waals surface area contributed by atoms with Gasteiger partial charge in [-0.2, -0.15) is 0 Å². The van der Waals surface area contributed by atoms with Crippen molar-refractivity contribution in [2.24, 2.45) is 0 Å². The molecule has 1 saturated heterocycles. The molecule has 0 saturated carbocycles. The molecule has 0 N–H and O–H groups in total. The summed E-state index contributed by atoms with van der Waals surface area (Å²) in [7, 11) is 0. The molecule has 0 bridgehead atoms. The predicted octanol–water partition coefficient (Wildman–Crippen LogP) is 4.32. The zero-order chi connectivity index (χ0) is 13.1. The summed E-state index contributed by atoms with van der Waals surface area (Å²) in [6.07, 6.45) is 5.78. The van der Waals surface area contributed by atoms with Crippen LogP contribution in [0.25, 0.3) is 11.3 Å². The van der Waals surface area contributed by atoms with Crippen LogP contribution >= 0.6 is 0 Å². The van der Waals surface area contributed by atoms with Crippen molar-refractivity contribution < 1.29 is 4.42 Å². The van der Waals surface area contributed by atoms with Gasteiger partial charge in [-0.3, -0.25) is 4.90 Å². The second-order valence-corrected chi connectivity index (χ2v) is 5.49. The molecule has 0 radical (unpaired) electrons. The summed E-state index contributed by atoms with van der Waals surface area (Å²) < 4.78 is 5.47. The Balaban J connectivity index is 1.76. The highest BCUT2D eigenvalue weighted by Gasteiger charge is 2.18. The second kappa shape index (κ2) is 5.62. The number of likely N-dealkylation sites (tertiary alicyclic amines) is 1. The molecular weight excluding hydrogens is 234 g/mol. The van der Waals surface area contributed by atoms with E-state index in [9.17, 15) is 0 Å². The van der Waals surface area contributed by atoms with E-state index in [1.165, 1.54) is 36.9 Å². The Morgan fingerprint density at radius 2 is 2.16 bits per heavy atom. The molecule has 0 amide bonds. The van der Waals surface area contributed by atoms with Crippen LogP contribution < -0.4 is 0 Å². The van der Waals surface area contributed by atoms with Crippen molar-refractivity contribution in [3.8, 4) is 11.3 Å². The van der Waals surface area contributed by atoms with Crippen molar-refractivity contribution in [1.29, 1.82) is 0 Å². The zero-order valence-electron chi connectivity index (χ0n) is 11.5. The molecule has 19 heavy (non-hydrogen) atoms. The molecule has 3 rings (SSSR count). The van der Waals surface area contributed by atoms with Crippen LogP contribution in [0.3, 0.4) is 0 Å². The van der Waals surface area contributed by atoms with Gasteiger partial charge in [-0.25, -0.2) is 0 Å². The molecule has 1 unspecified atom stereocenters. The van der Waals surface area contributed by atoms with Crippen LogP contribution in [0.5, 0.6) is 0 Å². The summed E-state index contributed by atoms with van der Waals surface area (Å²) in [6.45, 7) is 4.62. The van der Waals surface area contributed by atoms with Crippen LogP contribution in [0.1, 0.15) is 31.7 Å². The molecule has 2 nitrogen and oxygen atoms in total. The van der Waals surface area contributed by atoms with Crippen LogP contribution in [-0.4, -0.2) is 17.5 Å². The third kappa shape index (κ3) is 2.90. The molecule has 1 fully saturated rings. The average molecular weight is 255 g/mol. The lowest BCUT2D eigenvalue weighted by Gasteiger charge is -2.33. The van der Waals surface area contributed by atoms with Crippen LogP contribution in [0.15, 0.2) is 47.1 Å². The fourth-order valence-corrected chi connectivity index (χ4v) is 2.89. The minimum atomic E-state index is 0.709. The van der Waals surface area contributed by atoms with Crippen molar-refractivity contribution in [2.45, 2.75) is 38.8 Å². The zero-order valence-corrected chi connectivity index (χ0v) is 11.5. The van der Waals surface area contributed by atoms with Gasteiger partial charge in [0.1, 0.15) is 5.76 Å². The molecule has 2 heterocycles. The lowest BCUT2D eigenvalue weighted by Crippen LogP contribution is -2.36. The number of piperidine rings is 1. The van der Waals surface area contributed by atoms with Gasteiger partial charge in [0, 0.05) is 18.2 Å². The van der Waals surface area contributed by atoms with E-state index < -0.39 is 0 Å². The number of nitrogens with zero attached hydrogens (tertiary/aromatic N) is 1. The first kappa shape index (κ1) is 12.5. The highest BCUT2D eigenvalue weighted by atomic mass is 16.3. The first-order chi connectivity index (χ1) is 9.33. The standard InChI is InChI=1S/C17H21NO/c1-14-6-2-3-10-18(14)13-15-7-4-8-16(12-15)17-9-5-11-19-17/h4-5,7-9,11-12,14H,2-3,6,10,13H2,1H3. The van der Waals surface area contributed by atoms with Crippen LogP contribution in [-0.2, 0) is 6.54 Å². The van der Waals surface area contributed by atoms with Crippen molar-refractivity contribution in [3.05, 3.63) is 48.2 Å². The summed E-state index contributed by atoms with van der Waals surface area (Å²) >= 11 is 0. The van der Waals surface area contributed by atoms with Gasteiger partial charge in [0.25, 0.3) is 0 Å². The molecule has 2 heteroatoms. The smallest absolute Gasteiger partial charge is 0.133 e. The maximum Gasteiger partial charge on any atom is 0.133 e. The van der Waals surface area contributed by atoms with Crippen LogP contribution in [0, 0.1) is 0 Å². The molecule has 0 aliphatic carbocycles. The fraction of sp³-hybridized carbons (Fsp3) is 0.412. The van der Waals surface area contributed by atoms with E-state index in [0.717, 1.165) is 12.3 Å². The molecule has 1 atom stereocenters. The van der Waals surface area contributed by atoms with Gasteiger partial charge in [0.05, 0.1) is 6.26 Å². The number of hydrogen-bond donors (Lipinski definition) is 0. The molecule has 1 aliphatic rings. The van der Waals surface area contributed by atoms with Gasteiger partial charge in [0.15, 0.2) is 0 Å². The summed E-state index contributed by atoms with van der Waals surface area (Å²) in [5.41, 5.74) is 2.55. The van der Waals surface area contributed by atoms with E-state index in [0.29, 0.717) is 6.04 Å². The quantitative estimate of drug-likeness (QED) is 0.812. The third-order valence-corrected chi connectivity index (χ3v) is 4.06. The van der Waals surface area contributed by atoms with E-state index in [2.05, 4.69) is 36.1 Å². The predicted molar refractivity (Wildman–Crippen MR) is 77.9 cm³/mol. The SMILES string of the molecule is CC1CCCCN1Cc1cccc(-c2ccco2)c1. The lowest BCUT2D eigenvalue weighted by atomic mass is 10.0. The third-order valence-electron chi connectivity index (χ3n) is 4.06. The van der Waals surface area contributed by atoms with Crippen LogP contribution in [0.4, 0.5) is 0 Å². The van der Waals surface area contributed by atoms with Gasteiger partial charge in [0.2, 0.25) is 0 Å². The van der Waals surface area contributed by atoms with Gasteiger partial charge in [-0.05, 0) is 50.1 Å². The molecule has 0 spiro atoms. The Bertz CT molecular complexity index is 518. The maximum atomic E-state index is 5.47.